The molecule has 13 heavy (non-hydrogen) atoms. The van der Waals surface area contributed by atoms with Gasteiger partial charge < -0.3 is 10.1 Å². The Hall–Kier alpha value is -1.51. The minimum atomic E-state index is -0.425. The topological polar surface area (TPSA) is 38.3 Å². The van der Waals surface area contributed by atoms with Crippen molar-refractivity contribution in [3.63, 3.8) is 0 Å². The highest BCUT2D eigenvalue weighted by Crippen LogP contribution is 1.98. The first-order valence-corrected chi connectivity index (χ1v) is 4.03. The molecule has 0 unspecified atom stereocenters. The quantitative estimate of drug-likeness (QED) is 0.674. The Morgan fingerprint density at radius 3 is 2.77 bits per heavy atom. The zero-order valence-corrected chi connectivity index (χ0v) is 8.04. The van der Waals surface area contributed by atoms with Gasteiger partial charge in [-0.2, -0.15) is 0 Å². The zero-order valence-electron chi connectivity index (χ0n) is 8.04. The van der Waals surface area contributed by atoms with Gasteiger partial charge in [-0.3, -0.25) is 0 Å². The fraction of sp³-hybridized carbons (Fsp3) is 0.300. The van der Waals surface area contributed by atoms with Gasteiger partial charge in [0.05, 0.1) is 0 Å². The van der Waals surface area contributed by atoms with Crippen molar-refractivity contribution < 1.29 is 9.53 Å². The van der Waals surface area contributed by atoms with Gasteiger partial charge in [0.25, 0.3) is 0 Å². The van der Waals surface area contributed by atoms with E-state index in [-0.39, 0.29) is 6.61 Å². The molecule has 0 atom stereocenters. The van der Waals surface area contributed by atoms with Crippen LogP contribution >= 0.6 is 0 Å². The fourth-order valence-electron chi connectivity index (χ4n) is 0.640. The van der Waals surface area contributed by atoms with Gasteiger partial charge in [0.1, 0.15) is 6.61 Å². The molecule has 0 fully saturated rings. The van der Waals surface area contributed by atoms with Crippen LogP contribution in [0.5, 0.6) is 0 Å². The maximum Gasteiger partial charge on any atom is 0.407 e. The van der Waals surface area contributed by atoms with E-state index in [1.807, 2.05) is 19.1 Å². The molecule has 0 aliphatic rings. The number of amides is 1. The van der Waals surface area contributed by atoms with Crippen LogP contribution in [-0.4, -0.2) is 19.7 Å². The summed E-state index contributed by atoms with van der Waals surface area (Å²) in [5.41, 5.74) is 0.934. The Balaban J connectivity index is 3.94. The van der Waals surface area contributed by atoms with E-state index in [1.165, 1.54) is 7.05 Å². The van der Waals surface area contributed by atoms with Crippen LogP contribution in [0.3, 0.4) is 0 Å². The van der Waals surface area contributed by atoms with Crippen LogP contribution in [0.25, 0.3) is 0 Å². The van der Waals surface area contributed by atoms with Gasteiger partial charge in [-0.15, -0.1) is 0 Å². The number of carbonyl (C=O) groups is 1. The van der Waals surface area contributed by atoms with E-state index >= 15 is 0 Å². The molecule has 0 aromatic heterocycles. The third kappa shape index (κ3) is 5.73. The Kier molecular flexibility index (Phi) is 6.32. The summed E-state index contributed by atoms with van der Waals surface area (Å²) in [5, 5.41) is 2.37. The molecule has 0 aromatic carbocycles. The number of carbonyl (C=O) groups excluding carboxylic acids is 1. The molecule has 0 aromatic rings. The van der Waals surface area contributed by atoms with Gasteiger partial charge >= 0.3 is 6.09 Å². The van der Waals surface area contributed by atoms with Crippen LogP contribution < -0.4 is 5.32 Å². The van der Waals surface area contributed by atoms with E-state index in [0.29, 0.717) is 0 Å². The minimum absolute atomic E-state index is 0.278. The standard InChI is InChI=1S/C10H15NO2/c1-4-6-7-9(5-2)8-13-10(12)11-3/h4-7H,1,8H2,2-3H3,(H,11,12)/b7-6-,9-5+. The molecule has 1 amide bonds. The highest BCUT2D eigenvalue weighted by molar-refractivity contribution is 5.66. The molecule has 3 nitrogen and oxygen atoms in total. The number of hydrogen-bond donors (Lipinski definition) is 1. The molecular formula is C10H15NO2. The van der Waals surface area contributed by atoms with E-state index in [0.717, 1.165) is 5.57 Å². The van der Waals surface area contributed by atoms with Gasteiger partial charge in [0.2, 0.25) is 0 Å². The smallest absolute Gasteiger partial charge is 0.407 e. The van der Waals surface area contributed by atoms with Crippen molar-refractivity contribution in [3.05, 3.63) is 36.5 Å². The van der Waals surface area contributed by atoms with Crippen LogP contribution in [0.2, 0.25) is 0 Å². The lowest BCUT2D eigenvalue weighted by Gasteiger charge is -2.03. The second kappa shape index (κ2) is 7.16. The minimum Gasteiger partial charge on any atom is -0.445 e. The Morgan fingerprint density at radius 2 is 2.31 bits per heavy atom. The molecule has 3 heteroatoms. The fourth-order valence-corrected chi connectivity index (χ4v) is 0.640. The Morgan fingerprint density at radius 1 is 1.62 bits per heavy atom. The summed E-state index contributed by atoms with van der Waals surface area (Å²) in [7, 11) is 1.53. The van der Waals surface area contributed by atoms with Crippen LogP contribution in [0, 0.1) is 0 Å². The van der Waals surface area contributed by atoms with Gasteiger partial charge in [-0.1, -0.05) is 30.9 Å². The first-order valence-electron chi connectivity index (χ1n) is 4.03. The van der Waals surface area contributed by atoms with Crippen LogP contribution in [0.1, 0.15) is 6.92 Å². The first kappa shape index (κ1) is 11.5. The molecule has 0 radical (unpaired) electrons. The van der Waals surface area contributed by atoms with Gasteiger partial charge in [0.15, 0.2) is 0 Å². The van der Waals surface area contributed by atoms with Crippen molar-refractivity contribution in [2.75, 3.05) is 13.7 Å². The van der Waals surface area contributed by atoms with E-state index < -0.39 is 6.09 Å². The van der Waals surface area contributed by atoms with Gasteiger partial charge in [0, 0.05) is 7.05 Å². The molecule has 0 heterocycles. The maximum atomic E-state index is 10.7. The number of ether oxygens (including phenoxy) is 1. The van der Waals surface area contributed by atoms with Crippen LogP contribution in [0.4, 0.5) is 4.79 Å². The molecule has 0 saturated carbocycles. The lowest BCUT2D eigenvalue weighted by atomic mass is 10.2. The Bertz CT molecular complexity index is 229. The third-order valence-electron chi connectivity index (χ3n) is 1.39. The highest BCUT2D eigenvalue weighted by Gasteiger charge is 1.97. The third-order valence-corrected chi connectivity index (χ3v) is 1.39. The zero-order chi connectivity index (χ0) is 10.1. The lowest BCUT2D eigenvalue weighted by molar-refractivity contribution is 0.159. The average Bonchev–Trinajstić information content (AvgIpc) is 2.17. The molecule has 72 valence electrons. The average molecular weight is 181 g/mol. The molecule has 1 N–H and O–H groups in total. The second-order valence-electron chi connectivity index (χ2n) is 2.28. The normalized spacial score (nSPS) is 11.4. The maximum absolute atomic E-state index is 10.7. The van der Waals surface area contributed by atoms with Crippen molar-refractivity contribution in [3.8, 4) is 0 Å². The summed E-state index contributed by atoms with van der Waals surface area (Å²) in [6.07, 6.45) is 6.76. The van der Waals surface area contributed by atoms with Crippen LogP contribution in [0.15, 0.2) is 36.5 Å². The summed E-state index contributed by atoms with van der Waals surface area (Å²) >= 11 is 0. The van der Waals surface area contributed by atoms with E-state index in [1.54, 1.807) is 12.2 Å². The first-order chi connectivity index (χ1) is 6.24. The molecule has 0 aliphatic heterocycles. The Labute approximate surface area is 78.8 Å². The number of allylic oxidation sites excluding steroid dienone is 3. The largest absolute Gasteiger partial charge is 0.445 e. The number of alkyl carbamates (subject to hydrolysis) is 1. The number of rotatable bonds is 4. The summed E-state index contributed by atoms with van der Waals surface area (Å²) in [6, 6.07) is 0. The molecule has 0 aliphatic carbocycles. The van der Waals surface area contributed by atoms with Gasteiger partial charge in [-0.05, 0) is 12.5 Å². The van der Waals surface area contributed by atoms with Crippen molar-refractivity contribution >= 4 is 6.09 Å². The molecular weight excluding hydrogens is 166 g/mol. The number of nitrogens with one attached hydrogen (secondary N) is 1. The molecule has 0 rings (SSSR count). The van der Waals surface area contributed by atoms with Crippen molar-refractivity contribution in [1.82, 2.24) is 5.32 Å². The summed E-state index contributed by atoms with van der Waals surface area (Å²) in [4.78, 5) is 10.7. The van der Waals surface area contributed by atoms with Gasteiger partial charge in [-0.25, -0.2) is 4.79 Å². The van der Waals surface area contributed by atoms with E-state index in [9.17, 15) is 4.79 Å². The van der Waals surface area contributed by atoms with E-state index in [4.69, 9.17) is 4.74 Å². The van der Waals surface area contributed by atoms with Crippen molar-refractivity contribution in [2.24, 2.45) is 0 Å². The van der Waals surface area contributed by atoms with Crippen LogP contribution in [-0.2, 0) is 4.74 Å². The SMILES string of the molecule is C=C/C=C\C(=C/C)COC(=O)NC. The molecule has 0 bridgehead atoms. The monoisotopic (exact) mass is 181 g/mol. The summed E-state index contributed by atoms with van der Waals surface area (Å²) in [6.45, 7) is 5.71. The van der Waals surface area contributed by atoms with Crippen molar-refractivity contribution in [2.45, 2.75) is 6.92 Å². The summed E-state index contributed by atoms with van der Waals surface area (Å²) < 4.78 is 4.84. The van der Waals surface area contributed by atoms with Crippen molar-refractivity contribution in [1.29, 1.82) is 0 Å². The second-order valence-corrected chi connectivity index (χ2v) is 2.28. The molecule has 0 saturated heterocycles. The number of hydrogen-bond acceptors (Lipinski definition) is 2. The molecule has 0 spiro atoms. The van der Waals surface area contributed by atoms with E-state index in [2.05, 4.69) is 11.9 Å². The summed E-state index contributed by atoms with van der Waals surface area (Å²) in [5.74, 6) is 0. The predicted molar refractivity (Wildman–Crippen MR) is 53.5 cm³/mol. The lowest BCUT2D eigenvalue weighted by Crippen LogP contribution is -2.19. The highest BCUT2D eigenvalue weighted by atomic mass is 16.5. The predicted octanol–water partition coefficient (Wildman–Crippen LogP) is 2.03.